The SMILES string of the molecule is CC(C)C(C)C(C)/C=C/C(C)C1CCC2C3=CCC4CC(=O)CCC4(C)C3CCC21C. The van der Waals surface area contributed by atoms with E-state index in [0.717, 1.165) is 55.3 Å². The Balaban J connectivity index is 1.51. The molecule has 0 aromatic rings. The summed E-state index contributed by atoms with van der Waals surface area (Å²) in [5.41, 5.74) is 2.67. The van der Waals surface area contributed by atoms with Crippen molar-refractivity contribution in [3.8, 4) is 0 Å². The first-order valence-corrected chi connectivity index (χ1v) is 13.5. The largest absolute Gasteiger partial charge is 0.300 e. The predicted molar refractivity (Wildman–Crippen MR) is 132 cm³/mol. The molecule has 0 saturated heterocycles. The van der Waals surface area contributed by atoms with Crippen molar-refractivity contribution in [1.82, 2.24) is 0 Å². The summed E-state index contributed by atoms with van der Waals surface area (Å²) in [6.45, 7) is 17.2. The maximum Gasteiger partial charge on any atom is 0.133 e. The minimum Gasteiger partial charge on any atom is -0.300 e. The Morgan fingerprint density at radius 2 is 1.65 bits per heavy atom. The van der Waals surface area contributed by atoms with Crippen molar-refractivity contribution in [3.63, 3.8) is 0 Å². The molecule has 0 spiro atoms. The third kappa shape index (κ3) is 3.91. The average molecular weight is 425 g/mol. The highest BCUT2D eigenvalue weighted by Gasteiger charge is 2.58. The van der Waals surface area contributed by atoms with Crippen molar-refractivity contribution in [1.29, 1.82) is 0 Å². The van der Waals surface area contributed by atoms with Gasteiger partial charge in [0.2, 0.25) is 0 Å². The fourth-order valence-corrected chi connectivity index (χ4v) is 8.47. The number of hydrogen-bond donors (Lipinski definition) is 0. The second-order valence-corrected chi connectivity index (χ2v) is 12.9. The van der Waals surface area contributed by atoms with Crippen LogP contribution in [0.5, 0.6) is 0 Å². The van der Waals surface area contributed by atoms with Crippen LogP contribution in [0.25, 0.3) is 0 Å². The van der Waals surface area contributed by atoms with Gasteiger partial charge in [-0.05, 0) is 96.7 Å². The van der Waals surface area contributed by atoms with E-state index in [0.29, 0.717) is 34.4 Å². The number of fused-ring (bicyclic) bond motifs is 5. The number of carbonyl (C=O) groups excluding carboxylic acids is 1. The van der Waals surface area contributed by atoms with E-state index >= 15 is 0 Å². The number of rotatable bonds is 5. The number of carbonyl (C=O) groups is 1. The van der Waals surface area contributed by atoms with E-state index in [1.54, 1.807) is 0 Å². The highest BCUT2D eigenvalue weighted by molar-refractivity contribution is 5.79. The highest BCUT2D eigenvalue weighted by atomic mass is 16.1. The van der Waals surface area contributed by atoms with E-state index in [-0.39, 0.29) is 0 Å². The monoisotopic (exact) mass is 424 g/mol. The van der Waals surface area contributed by atoms with Gasteiger partial charge >= 0.3 is 0 Å². The van der Waals surface area contributed by atoms with Gasteiger partial charge in [-0.2, -0.15) is 0 Å². The Hall–Kier alpha value is -0.850. The van der Waals surface area contributed by atoms with Crippen LogP contribution in [0.2, 0.25) is 0 Å². The molecule has 0 amide bonds. The topological polar surface area (TPSA) is 17.1 Å². The van der Waals surface area contributed by atoms with Crippen LogP contribution < -0.4 is 0 Å². The predicted octanol–water partition coefficient (Wildman–Crippen LogP) is 8.26. The Bertz CT molecular complexity index is 744. The van der Waals surface area contributed by atoms with Crippen LogP contribution in [-0.2, 0) is 4.79 Å². The third-order valence-electron chi connectivity index (χ3n) is 11.2. The summed E-state index contributed by atoms with van der Waals surface area (Å²) in [6, 6.07) is 0. The van der Waals surface area contributed by atoms with E-state index in [1.807, 2.05) is 5.57 Å². The highest BCUT2D eigenvalue weighted by Crippen LogP contribution is 2.66. The molecule has 4 rings (SSSR count). The van der Waals surface area contributed by atoms with Crippen molar-refractivity contribution >= 4 is 5.78 Å². The molecule has 0 bridgehead atoms. The molecule has 9 atom stereocenters. The van der Waals surface area contributed by atoms with Crippen LogP contribution in [0.1, 0.15) is 99.8 Å². The average Bonchev–Trinajstić information content (AvgIpc) is 3.09. The van der Waals surface area contributed by atoms with Crippen LogP contribution in [0.4, 0.5) is 0 Å². The maximum absolute atomic E-state index is 12.1. The van der Waals surface area contributed by atoms with E-state index in [4.69, 9.17) is 0 Å². The van der Waals surface area contributed by atoms with Gasteiger partial charge < -0.3 is 0 Å². The third-order valence-corrected chi connectivity index (χ3v) is 11.2. The molecule has 31 heavy (non-hydrogen) atoms. The molecule has 1 nitrogen and oxygen atoms in total. The Morgan fingerprint density at radius 3 is 2.35 bits per heavy atom. The molecule has 0 heterocycles. The van der Waals surface area contributed by atoms with Gasteiger partial charge in [-0.15, -0.1) is 0 Å². The van der Waals surface area contributed by atoms with Crippen LogP contribution in [0.3, 0.4) is 0 Å². The van der Waals surface area contributed by atoms with Gasteiger partial charge in [0.25, 0.3) is 0 Å². The molecule has 3 fully saturated rings. The Labute approximate surface area is 192 Å². The van der Waals surface area contributed by atoms with Crippen molar-refractivity contribution in [2.45, 2.75) is 99.8 Å². The van der Waals surface area contributed by atoms with Gasteiger partial charge in [0.1, 0.15) is 5.78 Å². The first-order chi connectivity index (χ1) is 14.6. The zero-order chi connectivity index (χ0) is 22.6. The summed E-state index contributed by atoms with van der Waals surface area (Å²) in [7, 11) is 0. The molecule has 3 saturated carbocycles. The number of hydrogen-bond acceptors (Lipinski definition) is 1. The van der Waals surface area contributed by atoms with Gasteiger partial charge in [-0.3, -0.25) is 4.79 Å². The summed E-state index contributed by atoms with van der Waals surface area (Å²) in [5.74, 6) is 6.30. The summed E-state index contributed by atoms with van der Waals surface area (Å²) in [5, 5.41) is 0. The summed E-state index contributed by atoms with van der Waals surface area (Å²) in [6.07, 6.45) is 17.2. The molecule has 4 aliphatic carbocycles. The Morgan fingerprint density at radius 1 is 0.935 bits per heavy atom. The van der Waals surface area contributed by atoms with E-state index in [1.165, 1.54) is 25.7 Å². The van der Waals surface area contributed by atoms with Gasteiger partial charge in [0, 0.05) is 12.8 Å². The van der Waals surface area contributed by atoms with Gasteiger partial charge in [-0.25, -0.2) is 0 Å². The fourth-order valence-electron chi connectivity index (χ4n) is 8.47. The van der Waals surface area contributed by atoms with Crippen molar-refractivity contribution in [2.75, 3.05) is 0 Å². The molecular formula is C30H48O. The number of Topliss-reactive ketones (excluding diaryl/α,β-unsaturated/α-hetero) is 1. The minimum atomic E-state index is 0.380. The molecular weight excluding hydrogens is 376 g/mol. The maximum atomic E-state index is 12.1. The van der Waals surface area contributed by atoms with Crippen molar-refractivity contribution in [2.24, 2.45) is 58.2 Å². The van der Waals surface area contributed by atoms with E-state index < -0.39 is 0 Å². The van der Waals surface area contributed by atoms with Gasteiger partial charge in [0.15, 0.2) is 0 Å². The lowest BCUT2D eigenvalue weighted by Crippen LogP contribution is -2.49. The van der Waals surface area contributed by atoms with Gasteiger partial charge in [0.05, 0.1) is 0 Å². The molecule has 0 radical (unpaired) electrons. The number of ketones is 1. The lowest BCUT2D eigenvalue weighted by atomic mass is 9.48. The molecule has 174 valence electrons. The number of allylic oxidation sites excluding steroid dienone is 4. The van der Waals surface area contributed by atoms with E-state index in [2.05, 4.69) is 66.7 Å². The lowest BCUT2D eigenvalue weighted by Gasteiger charge is -2.57. The second-order valence-electron chi connectivity index (χ2n) is 12.9. The normalized spacial score (nSPS) is 43.2. The van der Waals surface area contributed by atoms with E-state index in [9.17, 15) is 4.79 Å². The molecule has 0 aliphatic heterocycles. The zero-order valence-corrected chi connectivity index (χ0v) is 21.4. The lowest BCUT2D eigenvalue weighted by molar-refractivity contribution is -0.127. The molecule has 4 aliphatic rings. The molecule has 0 aromatic carbocycles. The molecule has 0 N–H and O–H groups in total. The minimum absolute atomic E-state index is 0.380. The van der Waals surface area contributed by atoms with Crippen molar-refractivity contribution < 1.29 is 4.79 Å². The van der Waals surface area contributed by atoms with Crippen LogP contribution in [-0.4, -0.2) is 5.78 Å². The summed E-state index contributed by atoms with van der Waals surface area (Å²) < 4.78 is 0. The summed E-state index contributed by atoms with van der Waals surface area (Å²) in [4.78, 5) is 12.1. The summed E-state index contributed by atoms with van der Waals surface area (Å²) >= 11 is 0. The fraction of sp³-hybridized carbons (Fsp3) is 0.833. The first kappa shape index (κ1) is 23.3. The second kappa shape index (κ2) is 8.49. The van der Waals surface area contributed by atoms with Crippen LogP contribution in [0.15, 0.2) is 23.8 Å². The molecule has 0 aromatic heterocycles. The Kier molecular flexibility index (Phi) is 6.39. The van der Waals surface area contributed by atoms with Crippen LogP contribution in [0, 0.1) is 58.2 Å². The molecule has 9 unspecified atom stereocenters. The standard InChI is InChI=1S/C30H48O/c1-19(2)22(5)20(3)8-9-21(4)26-12-13-27-25-11-10-23-18-24(31)14-16-29(23,6)28(25)15-17-30(26,27)7/h8-9,11,19-23,26-28H,10,12-18H2,1-7H3/b9-8+. The first-order valence-electron chi connectivity index (χ1n) is 13.5. The van der Waals surface area contributed by atoms with Crippen LogP contribution >= 0.6 is 0 Å². The molecule has 1 heteroatoms. The zero-order valence-electron chi connectivity index (χ0n) is 21.4. The van der Waals surface area contributed by atoms with Gasteiger partial charge in [-0.1, -0.05) is 72.3 Å². The quantitative estimate of drug-likeness (QED) is 0.406. The van der Waals surface area contributed by atoms with Crippen molar-refractivity contribution in [3.05, 3.63) is 23.8 Å². The smallest absolute Gasteiger partial charge is 0.133 e.